The largest absolute Gasteiger partial charge is 0.359 e. The first kappa shape index (κ1) is 11.3. The van der Waals surface area contributed by atoms with E-state index in [0.29, 0.717) is 11.6 Å². The van der Waals surface area contributed by atoms with Crippen molar-refractivity contribution in [3.05, 3.63) is 0 Å². The Labute approximate surface area is 106 Å². The fraction of sp³-hybridized carbons (Fsp3) is 0.917. The van der Waals surface area contributed by atoms with Crippen molar-refractivity contribution in [2.45, 2.75) is 50.1 Å². The predicted molar refractivity (Wildman–Crippen MR) is 74.6 cm³/mol. The van der Waals surface area contributed by atoms with E-state index >= 15 is 0 Å². The fourth-order valence-electron chi connectivity index (χ4n) is 2.89. The lowest BCUT2D eigenvalue weighted by molar-refractivity contribution is 0.451. The van der Waals surface area contributed by atoms with Crippen LogP contribution in [0.3, 0.4) is 0 Å². The maximum atomic E-state index is 4.90. The molecule has 3 aliphatic rings. The molecule has 0 aromatic heterocycles. The molecule has 1 saturated carbocycles. The summed E-state index contributed by atoms with van der Waals surface area (Å²) in [5, 5.41) is 4.96. The van der Waals surface area contributed by atoms with E-state index in [1.54, 1.807) is 0 Å². The Morgan fingerprint density at radius 2 is 2.12 bits per heavy atom. The van der Waals surface area contributed by atoms with Gasteiger partial charge < -0.3 is 5.32 Å². The minimum absolute atomic E-state index is 0.436. The molecule has 0 radical (unpaired) electrons. The molecule has 90 valence electrons. The third-order valence-electron chi connectivity index (χ3n) is 3.85. The van der Waals surface area contributed by atoms with Crippen molar-refractivity contribution >= 4 is 28.7 Å². The highest BCUT2D eigenvalue weighted by molar-refractivity contribution is 8.14. The van der Waals surface area contributed by atoms with E-state index < -0.39 is 0 Å². The molecule has 0 aromatic rings. The van der Waals surface area contributed by atoms with E-state index in [1.165, 1.54) is 61.0 Å². The van der Waals surface area contributed by atoms with Crippen molar-refractivity contribution in [1.29, 1.82) is 0 Å². The van der Waals surface area contributed by atoms with Crippen LogP contribution < -0.4 is 5.32 Å². The Morgan fingerprint density at radius 3 is 2.88 bits per heavy atom. The highest BCUT2D eigenvalue weighted by atomic mass is 32.2. The Morgan fingerprint density at radius 1 is 1.25 bits per heavy atom. The molecule has 1 aliphatic carbocycles. The summed E-state index contributed by atoms with van der Waals surface area (Å²) in [7, 11) is 0. The molecule has 3 rings (SSSR count). The van der Waals surface area contributed by atoms with Gasteiger partial charge in [0.25, 0.3) is 0 Å². The van der Waals surface area contributed by atoms with Crippen molar-refractivity contribution in [3.8, 4) is 0 Å². The predicted octanol–water partition coefficient (Wildman–Crippen LogP) is 2.89. The van der Waals surface area contributed by atoms with Crippen LogP contribution in [0, 0.1) is 0 Å². The van der Waals surface area contributed by atoms with Gasteiger partial charge in [0.05, 0.1) is 6.04 Å². The molecule has 1 atom stereocenters. The van der Waals surface area contributed by atoms with Crippen LogP contribution in [0.2, 0.25) is 0 Å². The van der Waals surface area contributed by atoms with Crippen molar-refractivity contribution in [2.75, 3.05) is 17.3 Å². The van der Waals surface area contributed by atoms with Crippen LogP contribution in [0.25, 0.3) is 0 Å². The van der Waals surface area contributed by atoms with Crippen LogP contribution in [0.15, 0.2) is 4.99 Å². The molecule has 3 fully saturated rings. The number of hydrogen-bond donors (Lipinski definition) is 1. The monoisotopic (exact) mass is 256 g/mol. The number of nitrogens with one attached hydrogen (secondary N) is 1. The molecular formula is C12H20N2S2. The van der Waals surface area contributed by atoms with Crippen LogP contribution in [0.4, 0.5) is 0 Å². The molecule has 2 aliphatic heterocycles. The number of thioether (sulfide) groups is 2. The second-order valence-corrected chi connectivity index (χ2v) is 7.32. The molecule has 0 amide bonds. The second-order valence-electron chi connectivity index (χ2n) is 5.21. The van der Waals surface area contributed by atoms with Crippen molar-refractivity contribution in [2.24, 2.45) is 4.99 Å². The molecule has 1 spiro atoms. The molecule has 1 N–H and O–H groups in total. The first-order valence-corrected chi connectivity index (χ1v) is 8.57. The molecule has 2 saturated heterocycles. The minimum Gasteiger partial charge on any atom is -0.359 e. The average Bonchev–Trinajstić information content (AvgIpc) is 2.92. The summed E-state index contributed by atoms with van der Waals surface area (Å²) < 4.78 is 0. The van der Waals surface area contributed by atoms with Crippen molar-refractivity contribution in [1.82, 2.24) is 5.32 Å². The number of rotatable bonds is 1. The zero-order valence-corrected chi connectivity index (χ0v) is 11.3. The van der Waals surface area contributed by atoms with Crippen LogP contribution in [-0.2, 0) is 0 Å². The van der Waals surface area contributed by atoms with Crippen molar-refractivity contribution in [3.63, 3.8) is 0 Å². The van der Waals surface area contributed by atoms with Gasteiger partial charge in [0.2, 0.25) is 0 Å². The smallest absolute Gasteiger partial charge is 0.157 e. The summed E-state index contributed by atoms with van der Waals surface area (Å²) in [6.45, 7) is 0. The van der Waals surface area contributed by atoms with E-state index in [9.17, 15) is 0 Å². The minimum atomic E-state index is 0.436. The maximum Gasteiger partial charge on any atom is 0.157 e. The van der Waals surface area contributed by atoms with Gasteiger partial charge in [-0.2, -0.15) is 11.8 Å². The molecule has 16 heavy (non-hydrogen) atoms. The topological polar surface area (TPSA) is 24.4 Å². The Balaban J connectivity index is 1.61. The summed E-state index contributed by atoms with van der Waals surface area (Å²) in [4.78, 5) is 4.90. The number of amidine groups is 1. The summed E-state index contributed by atoms with van der Waals surface area (Å²) in [6.07, 6.45) is 8.17. The zero-order chi connectivity index (χ0) is 10.8. The lowest BCUT2D eigenvalue weighted by Crippen LogP contribution is -2.41. The number of aliphatic imine (C=N–C) groups is 1. The normalized spacial score (nSPS) is 35.8. The van der Waals surface area contributed by atoms with Gasteiger partial charge in [-0.25, -0.2) is 0 Å². The first-order chi connectivity index (χ1) is 7.86. The highest BCUT2D eigenvalue weighted by Crippen LogP contribution is 2.37. The van der Waals surface area contributed by atoms with Crippen LogP contribution in [-0.4, -0.2) is 34.0 Å². The number of hydrogen-bond acceptors (Lipinski definition) is 3. The van der Waals surface area contributed by atoms with Crippen molar-refractivity contribution < 1.29 is 0 Å². The number of nitrogens with zero attached hydrogens (tertiary/aromatic N) is 1. The molecule has 0 aromatic carbocycles. The van der Waals surface area contributed by atoms with Gasteiger partial charge in [-0.05, 0) is 31.4 Å². The maximum absolute atomic E-state index is 4.90. The van der Waals surface area contributed by atoms with Gasteiger partial charge in [-0.1, -0.05) is 24.6 Å². The van der Waals surface area contributed by atoms with E-state index in [-0.39, 0.29) is 0 Å². The first-order valence-electron chi connectivity index (χ1n) is 6.43. The highest BCUT2D eigenvalue weighted by Gasteiger charge is 2.39. The van der Waals surface area contributed by atoms with E-state index in [1.807, 2.05) is 11.8 Å². The average molecular weight is 256 g/mol. The quantitative estimate of drug-likeness (QED) is 0.781. The van der Waals surface area contributed by atoms with E-state index in [4.69, 9.17) is 4.99 Å². The van der Waals surface area contributed by atoms with Gasteiger partial charge in [0.15, 0.2) is 5.17 Å². The SMILES string of the molecule is C1CSCC(N=C2NC3(CCCC3)CS2)C1. The molecule has 0 bridgehead atoms. The molecule has 2 heterocycles. The fourth-order valence-corrected chi connectivity index (χ4v) is 5.22. The Hall–Kier alpha value is 0.170. The Kier molecular flexibility index (Phi) is 3.39. The zero-order valence-electron chi connectivity index (χ0n) is 9.71. The van der Waals surface area contributed by atoms with E-state index in [0.717, 1.165) is 0 Å². The summed E-state index contributed by atoms with van der Waals surface area (Å²) in [6, 6.07) is 0.588. The van der Waals surface area contributed by atoms with Gasteiger partial charge >= 0.3 is 0 Å². The van der Waals surface area contributed by atoms with Crippen LogP contribution >= 0.6 is 23.5 Å². The lowest BCUT2D eigenvalue weighted by Gasteiger charge is -2.23. The summed E-state index contributed by atoms with van der Waals surface area (Å²) in [5.74, 6) is 3.83. The molecular weight excluding hydrogens is 236 g/mol. The third kappa shape index (κ3) is 2.37. The molecule has 2 nitrogen and oxygen atoms in total. The molecule has 4 heteroatoms. The van der Waals surface area contributed by atoms with Gasteiger partial charge in [-0.3, -0.25) is 4.99 Å². The Bertz CT molecular complexity index is 279. The van der Waals surface area contributed by atoms with Gasteiger partial charge in [-0.15, -0.1) is 0 Å². The van der Waals surface area contributed by atoms with Crippen LogP contribution in [0.5, 0.6) is 0 Å². The summed E-state index contributed by atoms with van der Waals surface area (Å²) in [5.41, 5.74) is 0.436. The van der Waals surface area contributed by atoms with Crippen LogP contribution in [0.1, 0.15) is 38.5 Å². The third-order valence-corrected chi connectivity index (χ3v) is 6.23. The summed E-state index contributed by atoms with van der Waals surface area (Å²) >= 11 is 4.03. The lowest BCUT2D eigenvalue weighted by atomic mass is 10.0. The van der Waals surface area contributed by atoms with Gasteiger partial charge in [0, 0.05) is 17.0 Å². The second kappa shape index (κ2) is 4.81. The van der Waals surface area contributed by atoms with Gasteiger partial charge in [0.1, 0.15) is 0 Å². The van der Waals surface area contributed by atoms with E-state index in [2.05, 4.69) is 17.1 Å². The molecule has 1 unspecified atom stereocenters. The standard InChI is InChI=1S/C12H20N2S2/c1-2-6-12(5-1)9-16-11(14-12)13-10-4-3-7-15-8-10/h10H,1-9H2,(H,13,14).